The van der Waals surface area contributed by atoms with Crippen molar-refractivity contribution >= 4 is 11.7 Å². The molecule has 88 valence electrons. The van der Waals surface area contributed by atoms with E-state index in [0.717, 1.165) is 5.82 Å². The highest BCUT2D eigenvalue weighted by atomic mass is 16.3. The molecular formula is C11H17N3O2. The number of nitrogens with zero attached hydrogens (tertiary/aromatic N) is 3. The van der Waals surface area contributed by atoms with Crippen LogP contribution in [0, 0.1) is 0 Å². The second-order valence-corrected chi connectivity index (χ2v) is 3.75. The quantitative estimate of drug-likeness (QED) is 0.793. The van der Waals surface area contributed by atoms with Gasteiger partial charge in [0.15, 0.2) is 0 Å². The van der Waals surface area contributed by atoms with Gasteiger partial charge in [0, 0.05) is 33.9 Å². The third-order valence-electron chi connectivity index (χ3n) is 2.23. The van der Waals surface area contributed by atoms with Crippen molar-refractivity contribution in [2.75, 3.05) is 39.2 Å². The number of carbonyl (C=O) groups excluding carboxylic acids is 1. The number of aliphatic hydroxyl groups excluding tert-OH is 1. The van der Waals surface area contributed by atoms with Gasteiger partial charge in [-0.25, -0.2) is 4.98 Å². The van der Waals surface area contributed by atoms with Crippen molar-refractivity contribution in [1.82, 2.24) is 9.88 Å². The van der Waals surface area contributed by atoms with E-state index in [0.29, 0.717) is 12.1 Å². The molecule has 0 atom stereocenters. The number of aromatic nitrogens is 1. The van der Waals surface area contributed by atoms with Crippen LogP contribution in [0.1, 0.15) is 10.4 Å². The van der Waals surface area contributed by atoms with Gasteiger partial charge in [0.1, 0.15) is 5.82 Å². The summed E-state index contributed by atoms with van der Waals surface area (Å²) in [6.07, 6.45) is 1.55. The molecule has 0 aliphatic rings. The first kappa shape index (κ1) is 12.4. The third-order valence-corrected chi connectivity index (χ3v) is 2.23. The van der Waals surface area contributed by atoms with Crippen molar-refractivity contribution in [3.05, 3.63) is 23.9 Å². The molecule has 0 aliphatic heterocycles. The van der Waals surface area contributed by atoms with Crippen LogP contribution in [0.15, 0.2) is 18.3 Å². The number of likely N-dealkylation sites (N-methyl/N-ethyl adjacent to an activating group) is 1. The van der Waals surface area contributed by atoms with Crippen molar-refractivity contribution in [3.63, 3.8) is 0 Å². The van der Waals surface area contributed by atoms with Gasteiger partial charge in [-0.05, 0) is 12.1 Å². The summed E-state index contributed by atoms with van der Waals surface area (Å²) in [6.45, 7) is 0.602. The number of carbonyl (C=O) groups is 1. The van der Waals surface area contributed by atoms with Gasteiger partial charge in [-0.2, -0.15) is 0 Å². The maximum Gasteiger partial charge on any atom is 0.254 e. The Bertz CT molecular complexity index is 349. The average molecular weight is 223 g/mol. The molecule has 5 heteroatoms. The van der Waals surface area contributed by atoms with Crippen LogP contribution in [0.2, 0.25) is 0 Å². The minimum Gasteiger partial charge on any atom is -0.395 e. The molecule has 0 saturated carbocycles. The molecule has 1 N–H and O–H groups in total. The van der Waals surface area contributed by atoms with Gasteiger partial charge < -0.3 is 14.9 Å². The second-order valence-electron chi connectivity index (χ2n) is 3.75. The molecule has 16 heavy (non-hydrogen) atoms. The van der Waals surface area contributed by atoms with E-state index in [2.05, 4.69) is 4.98 Å². The Morgan fingerprint density at radius 3 is 2.50 bits per heavy atom. The first-order chi connectivity index (χ1) is 7.56. The van der Waals surface area contributed by atoms with Gasteiger partial charge in [-0.15, -0.1) is 0 Å². The van der Waals surface area contributed by atoms with Crippen LogP contribution in [0.3, 0.4) is 0 Å². The number of aliphatic hydroxyl groups is 1. The summed E-state index contributed by atoms with van der Waals surface area (Å²) >= 11 is 0. The molecular weight excluding hydrogens is 206 g/mol. The van der Waals surface area contributed by atoms with Crippen LogP contribution in [-0.2, 0) is 0 Å². The zero-order chi connectivity index (χ0) is 12.1. The average Bonchev–Trinajstić information content (AvgIpc) is 2.28. The highest BCUT2D eigenvalue weighted by Crippen LogP contribution is 2.10. The van der Waals surface area contributed by atoms with Crippen molar-refractivity contribution in [2.24, 2.45) is 0 Å². The van der Waals surface area contributed by atoms with Crippen LogP contribution in [-0.4, -0.2) is 55.2 Å². The second kappa shape index (κ2) is 5.46. The molecule has 0 radical (unpaired) electrons. The lowest BCUT2D eigenvalue weighted by molar-refractivity contribution is 0.0827. The summed E-state index contributed by atoms with van der Waals surface area (Å²) in [4.78, 5) is 19.1. The molecule has 0 fully saturated rings. The van der Waals surface area contributed by atoms with E-state index < -0.39 is 0 Å². The van der Waals surface area contributed by atoms with Gasteiger partial charge in [0.05, 0.1) is 12.2 Å². The van der Waals surface area contributed by atoms with E-state index in [9.17, 15) is 4.79 Å². The smallest absolute Gasteiger partial charge is 0.254 e. The van der Waals surface area contributed by atoms with Gasteiger partial charge in [-0.1, -0.05) is 0 Å². The minimum atomic E-state index is -0.0659. The van der Waals surface area contributed by atoms with E-state index in [1.807, 2.05) is 11.9 Å². The highest BCUT2D eigenvalue weighted by Gasteiger charge is 2.09. The van der Waals surface area contributed by atoms with Crippen LogP contribution in [0.25, 0.3) is 0 Å². The topological polar surface area (TPSA) is 56.7 Å². The Kier molecular flexibility index (Phi) is 4.25. The fourth-order valence-electron chi connectivity index (χ4n) is 1.26. The van der Waals surface area contributed by atoms with E-state index in [-0.39, 0.29) is 12.5 Å². The Morgan fingerprint density at radius 1 is 1.38 bits per heavy atom. The normalized spacial score (nSPS) is 10.0. The van der Waals surface area contributed by atoms with Crippen LogP contribution in [0.4, 0.5) is 5.82 Å². The molecule has 1 amide bonds. The number of pyridine rings is 1. The monoisotopic (exact) mass is 223 g/mol. The largest absolute Gasteiger partial charge is 0.395 e. The predicted molar refractivity (Wildman–Crippen MR) is 62.6 cm³/mol. The molecule has 1 aromatic heterocycles. The van der Waals surface area contributed by atoms with Crippen LogP contribution >= 0.6 is 0 Å². The van der Waals surface area contributed by atoms with Crippen LogP contribution < -0.4 is 4.90 Å². The number of amides is 1. The Hall–Kier alpha value is -1.62. The van der Waals surface area contributed by atoms with Crippen molar-refractivity contribution < 1.29 is 9.90 Å². The molecule has 1 rings (SSSR count). The minimum absolute atomic E-state index is 0.0659. The maximum absolute atomic E-state index is 11.6. The summed E-state index contributed by atoms with van der Waals surface area (Å²) in [7, 11) is 5.24. The van der Waals surface area contributed by atoms with E-state index >= 15 is 0 Å². The van der Waals surface area contributed by atoms with Crippen LogP contribution in [0.5, 0.6) is 0 Å². The van der Waals surface area contributed by atoms with E-state index in [1.54, 1.807) is 32.4 Å². The fourth-order valence-corrected chi connectivity index (χ4v) is 1.26. The standard InChI is InChI=1S/C11H17N3O2/c1-13(2)11(16)9-4-5-10(12-8-9)14(3)6-7-15/h4-5,8,15H,6-7H2,1-3H3. The fraction of sp³-hybridized carbons (Fsp3) is 0.455. The molecule has 1 heterocycles. The number of hydrogen-bond donors (Lipinski definition) is 1. The molecule has 0 aromatic carbocycles. The lowest BCUT2D eigenvalue weighted by atomic mass is 10.2. The Balaban J connectivity index is 2.79. The predicted octanol–water partition coefficient (Wildman–Crippen LogP) is 0.212. The lowest BCUT2D eigenvalue weighted by Crippen LogP contribution is -2.24. The van der Waals surface area contributed by atoms with Crippen molar-refractivity contribution in [1.29, 1.82) is 0 Å². The SMILES string of the molecule is CN(C)C(=O)c1ccc(N(C)CCO)nc1. The molecule has 0 saturated heterocycles. The zero-order valence-corrected chi connectivity index (χ0v) is 9.84. The lowest BCUT2D eigenvalue weighted by Gasteiger charge is -2.17. The van der Waals surface area contributed by atoms with Crippen molar-refractivity contribution in [3.8, 4) is 0 Å². The summed E-state index contributed by atoms with van der Waals surface area (Å²) in [5.74, 6) is 0.674. The number of rotatable bonds is 4. The molecule has 5 nitrogen and oxygen atoms in total. The van der Waals surface area contributed by atoms with Gasteiger partial charge in [0.25, 0.3) is 5.91 Å². The zero-order valence-electron chi connectivity index (χ0n) is 9.84. The molecule has 1 aromatic rings. The molecule has 0 spiro atoms. The summed E-state index contributed by atoms with van der Waals surface area (Å²) in [5, 5.41) is 8.78. The Labute approximate surface area is 95.3 Å². The summed E-state index contributed by atoms with van der Waals surface area (Å²) in [6, 6.07) is 3.50. The Morgan fingerprint density at radius 2 is 2.06 bits per heavy atom. The molecule has 0 aliphatic carbocycles. The molecule has 0 unspecified atom stereocenters. The first-order valence-corrected chi connectivity index (χ1v) is 5.06. The van der Waals surface area contributed by atoms with Gasteiger partial charge in [-0.3, -0.25) is 4.79 Å². The summed E-state index contributed by atoms with van der Waals surface area (Å²) in [5.41, 5.74) is 0.561. The van der Waals surface area contributed by atoms with E-state index in [4.69, 9.17) is 5.11 Å². The van der Waals surface area contributed by atoms with Gasteiger partial charge >= 0.3 is 0 Å². The number of hydrogen-bond acceptors (Lipinski definition) is 4. The third kappa shape index (κ3) is 2.93. The first-order valence-electron chi connectivity index (χ1n) is 5.06. The maximum atomic E-state index is 11.6. The molecule has 0 bridgehead atoms. The van der Waals surface area contributed by atoms with E-state index in [1.165, 1.54) is 4.90 Å². The summed E-state index contributed by atoms with van der Waals surface area (Å²) < 4.78 is 0. The highest BCUT2D eigenvalue weighted by molar-refractivity contribution is 5.93. The van der Waals surface area contributed by atoms with Gasteiger partial charge in [0.2, 0.25) is 0 Å². The van der Waals surface area contributed by atoms with Crippen molar-refractivity contribution in [2.45, 2.75) is 0 Å². The number of anilines is 1.